The predicted molar refractivity (Wildman–Crippen MR) is 166 cm³/mol. The van der Waals surface area contributed by atoms with E-state index in [1.165, 1.54) is 11.2 Å². The molecule has 0 radical (unpaired) electrons. The highest BCUT2D eigenvalue weighted by atomic mass is 16.5. The molecular weight excluding hydrogens is 544 g/mol. The van der Waals surface area contributed by atoms with Crippen molar-refractivity contribution in [2.45, 2.75) is 38.8 Å². The minimum atomic E-state index is -0.316. The summed E-state index contributed by atoms with van der Waals surface area (Å²) in [7, 11) is 4.92. The summed E-state index contributed by atoms with van der Waals surface area (Å²) in [5.41, 5.74) is 5.55. The van der Waals surface area contributed by atoms with Crippen LogP contribution in [0.15, 0.2) is 67.0 Å². The number of methoxy groups -OCH3 is 2. The van der Waals surface area contributed by atoms with Crippen LogP contribution >= 0.6 is 0 Å². The summed E-state index contributed by atoms with van der Waals surface area (Å²) in [6.07, 6.45) is 3.62. The average Bonchev–Trinajstić information content (AvgIpc) is 3.81. The number of hydrogen-bond donors (Lipinski definition) is 2. The summed E-state index contributed by atoms with van der Waals surface area (Å²) in [6.45, 7) is 3.01. The van der Waals surface area contributed by atoms with E-state index in [9.17, 15) is 4.79 Å². The molecular formula is C32H34N8O3. The lowest BCUT2D eigenvalue weighted by Gasteiger charge is -2.18. The summed E-state index contributed by atoms with van der Waals surface area (Å²) >= 11 is 0. The number of urea groups is 1. The maximum atomic E-state index is 13.5. The lowest BCUT2D eigenvalue weighted by atomic mass is 10.1. The van der Waals surface area contributed by atoms with Crippen LogP contribution in [-0.4, -0.2) is 52.0 Å². The van der Waals surface area contributed by atoms with Gasteiger partial charge >= 0.3 is 6.03 Å². The number of aromatic nitrogens is 5. The van der Waals surface area contributed by atoms with Gasteiger partial charge in [0.25, 0.3) is 0 Å². The van der Waals surface area contributed by atoms with Gasteiger partial charge in [-0.1, -0.05) is 12.1 Å². The summed E-state index contributed by atoms with van der Waals surface area (Å²) in [6, 6.07) is 19.0. The number of aryl methyl sites for hydroxylation is 1. The highest BCUT2D eigenvalue weighted by Gasteiger charge is 2.31. The summed E-state index contributed by atoms with van der Waals surface area (Å²) in [4.78, 5) is 28.3. The largest absolute Gasteiger partial charge is 0.497 e. The smallest absolute Gasteiger partial charge is 0.327 e. The fourth-order valence-corrected chi connectivity index (χ4v) is 5.08. The summed E-state index contributed by atoms with van der Waals surface area (Å²) < 4.78 is 12.8. The van der Waals surface area contributed by atoms with Gasteiger partial charge in [-0.05, 0) is 56.2 Å². The van der Waals surface area contributed by atoms with Crippen molar-refractivity contribution in [3.63, 3.8) is 0 Å². The SMILES string of the molecule is COc1ccc(CNc2cc(N(C)C(=O)Nc3cccc4c3c(C3CC3)nn4Cc3cccc(C)n3)ncn2)c(OC)c1. The highest BCUT2D eigenvalue weighted by Crippen LogP contribution is 2.44. The zero-order chi connectivity index (χ0) is 29.9. The standard InChI is InChI=1S/C32H34N8O3/c1-20-7-5-8-23(36-20)18-40-26-10-6-9-25(30(26)31(38-40)21-11-12-21)37-32(41)39(2)29-16-28(34-19-35-29)33-17-22-13-14-24(42-3)15-27(22)43-4/h5-10,13-16,19,21H,11-12,17-18H2,1-4H3,(H,37,41)(H,33,34,35). The van der Waals surface area contributed by atoms with Crippen molar-refractivity contribution in [2.24, 2.45) is 0 Å². The molecule has 0 unspecified atom stereocenters. The van der Waals surface area contributed by atoms with Gasteiger partial charge in [-0.2, -0.15) is 5.10 Å². The number of rotatable bonds is 10. The van der Waals surface area contributed by atoms with E-state index in [0.29, 0.717) is 42.1 Å². The van der Waals surface area contributed by atoms with Gasteiger partial charge in [0.15, 0.2) is 0 Å². The minimum absolute atomic E-state index is 0.316. The van der Waals surface area contributed by atoms with E-state index >= 15 is 0 Å². The molecule has 43 heavy (non-hydrogen) atoms. The molecule has 3 heterocycles. The Hall–Kier alpha value is -5.19. The van der Waals surface area contributed by atoms with Crippen LogP contribution in [-0.2, 0) is 13.1 Å². The topological polar surface area (TPSA) is 119 Å². The molecule has 0 bridgehead atoms. The Balaban J connectivity index is 1.20. The number of carbonyl (C=O) groups is 1. The summed E-state index contributed by atoms with van der Waals surface area (Å²) in [5.74, 6) is 2.84. The molecule has 2 N–H and O–H groups in total. The highest BCUT2D eigenvalue weighted by molar-refractivity contribution is 6.07. The van der Waals surface area contributed by atoms with Crippen LogP contribution in [0.3, 0.4) is 0 Å². The number of pyridine rings is 1. The Morgan fingerprint density at radius 1 is 1.05 bits per heavy atom. The lowest BCUT2D eigenvalue weighted by Crippen LogP contribution is -2.32. The molecule has 0 spiro atoms. The number of carbonyl (C=O) groups excluding carboxylic acids is 1. The Kier molecular flexibility index (Phi) is 7.78. The van der Waals surface area contributed by atoms with Crippen molar-refractivity contribution in [2.75, 3.05) is 36.8 Å². The van der Waals surface area contributed by atoms with E-state index in [0.717, 1.165) is 52.1 Å². The zero-order valence-electron chi connectivity index (χ0n) is 24.7. The molecule has 220 valence electrons. The van der Waals surface area contributed by atoms with E-state index in [4.69, 9.17) is 14.6 Å². The van der Waals surface area contributed by atoms with Gasteiger partial charge in [0.2, 0.25) is 0 Å². The number of nitrogens with zero attached hydrogens (tertiary/aromatic N) is 6. The van der Waals surface area contributed by atoms with E-state index in [1.807, 2.05) is 66.2 Å². The quantitative estimate of drug-likeness (QED) is 0.215. The normalized spacial score (nSPS) is 12.7. The molecule has 1 saturated carbocycles. The first kappa shape index (κ1) is 28.0. The fraction of sp³-hybridized carbons (Fsp3) is 0.281. The van der Waals surface area contributed by atoms with Crippen LogP contribution in [0.5, 0.6) is 11.5 Å². The number of anilines is 3. The van der Waals surface area contributed by atoms with Crippen LogP contribution in [0.4, 0.5) is 22.1 Å². The monoisotopic (exact) mass is 578 g/mol. The van der Waals surface area contributed by atoms with Gasteiger partial charge in [0.1, 0.15) is 29.5 Å². The molecule has 0 atom stereocenters. The third-order valence-corrected chi connectivity index (χ3v) is 7.52. The zero-order valence-corrected chi connectivity index (χ0v) is 24.7. The third-order valence-electron chi connectivity index (χ3n) is 7.52. The maximum Gasteiger partial charge on any atom is 0.327 e. The maximum absolute atomic E-state index is 13.5. The molecule has 1 aliphatic rings. The molecule has 3 aromatic heterocycles. The van der Waals surface area contributed by atoms with Gasteiger partial charge in [-0.25, -0.2) is 14.8 Å². The number of amides is 2. The molecule has 0 saturated heterocycles. The van der Waals surface area contributed by atoms with Gasteiger partial charge in [-0.3, -0.25) is 14.6 Å². The van der Waals surface area contributed by atoms with Gasteiger partial charge in [0, 0.05) is 48.3 Å². The first-order valence-electron chi connectivity index (χ1n) is 14.2. The van der Waals surface area contributed by atoms with E-state index in [-0.39, 0.29) is 6.03 Å². The number of fused-ring (bicyclic) bond motifs is 1. The number of ether oxygens (including phenoxy) is 2. The number of hydrogen-bond acceptors (Lipinski definition) is 8. The molecule has 0 aliphatic heterocycles. The van der Waals surface area contributed by atoms with E-state index in [2.05, 4.69) is 25.6 Å². The van der Waals surface area contributed by atoms with Crippen molar-refractivity contribution in [3.05, 3.63) is 89.6 Å². The Labute approximate surface area is 249 Å². The molecule has 2 aromatic carbocycles. The Morgan fingerprint density at radius 2 is 1.88 bits per heavy atom. The van der Waals surface area contributed by atoms with Crippen LogP contribution < -0.4 is 25.0 Å². The van der Waals surface area contributed by atoms with Crippen LogP contribution in [0.1, 0.15) is 41.4 Å². The first-order chi connectivity index (χ1) is 20.9. The van der Waals surface area contributed by atoms with Gasteiger partial charge in [-0.15, -0.1) is 0 Å². The fourth-order valence-electron chi connectivity index (χ4n) is 5.08. The second-order valence-electron chi connectivity index (χ2n) is 10.6. The van der Waals surface area contributed by atoms with Gasteiger partial charge < -0.3 is 20.1 Å². The second-order valence-corrected chi connectivity index (χ2v) is 10.6. The molecule has 2 amide bonds. The van der Waals surface area contributed by atoms with Crippen molar-refractivity contribution >= 4 is 34.3 Å². The third kappa shape index (κ3) is 6.06. The molecule has 11 nitrogen and oxygen atoms in total. The van der Waals surface area contributed by atoms with Crippen LogP contribution in [0.25, 0.3) is 10.9 Å². The minimum Gasteiger partial charge on any atom is -0.497 e. The van der Waals surface area contributed by atoms with E-state index < -0.39 is 0 Å². The average molecular weight is 579 g/mol. The predicted octanol–water partition coefficient (Wildman–Crippen LogP) is 5.75. The molecule has 6 rings (SSSR count). The molecule has 5 aromatic rings. The lowest BCUT2D eigenvalue weighted by molar-refractivity contribution is 0.258. The molecule has 11 heteroatoms. The van der Waals surface area contributed by atoms with Crippen molar-refractivity contribution < 1.29 is 14.3 Å². The first-order valence-corrected chi connectivity index (χ1v) is 14.2. The second kappa shape index (κ2) is 12.0. The Bertz CT molecular complexity index is 1780. The molecule has 1 aliphatic carbocycles. The van der Waals surface area contributed by atoms with Crippen molar-refractivity contribution in [3.8, 4) is 11.5 Å². The van der Waals surface area contributed by atoms with E-state index in [1.54, 1.807) is 27.3 Å². The Morgan fingerprint density at radius 3 is 2.65 bits per heavy atom. The van der Waals surface area contributed by atoms with Crippen molar-refractivity contribution in [1.82, 2.24) is 24.7 Å². The number of benzene rings is 2. The van der Waals surface area contributed by atoms with Crippen molar-refractivity contribution in [1.29, 1.82) is 0 Å². The van der Waals surface area contributed by atoms with Crippen LogP contribution in [0.2, 0.25) is 0 Å². The summed E-state index contributed by atoms with van der Waals surface area (Å²) in [5, 5.41) is 12.4. The van der Waals surface area contributed by atoms with Crippen LogP contribution in [0, 0.1) is 6.92 Å². The molecule has 1 fully saturated rings. The number of nitrogens with one attached hydrogen (secondary N) is 2. The van der Waals surface area contributed by atoms with Gasteiger partial charge in [0.05, 0.1) is 43.4 Å².